The fourth-order valence-electron chi connectivity index (χ4n) is 4.20. The van der Waals surface area contributed by atoms with Crippen LogP contribution < -0.4 is 0 Å². The zero-order valence-corrected chi connectivity index (χ0v) is 19.3. The summed E-state index contributed by atoms with van der Waals surface area (Å²) in [4.78, 5) is 27.0. The molecule has 3 saturated heterocycles. The maximum atomic E-state index is 13.2. The van der Waals surface area contributed by atoms with E-state index in [9.17, 15) is 19.8 Å². The molecule has 31 heavy (non-hydrogen) atoms. The summed E-state index contributed by atoms with van der Waals surface area (Å²) < 4.78 is 27.9. The fraction of sp³-hybridized carbons (Fsp3) is 0.905. The van der Waals surface area contributed by atoms with Crippen molar-refractivity contribution in [1.82, 2.24) is 4.90 Å². The molecule has 6 atom stereocenters. The Morgan fingerprint density at radius 1 is 1.03 bits per heavy atom. The van der Waals surface area contributed by atoms with Gasteiger partial charge in [-0.3, -0.25) is 4.79 Å². The van der Waals surface area contributed by atoms with Crippen LogP contribution in [0.3, 0.4) is 0 Å². The summed E-state index contributed by atoms with van der Waals surface area (Å²) in [6, 6.07) is -0.945. The summed E-state index contributed by atoms with van der Waals surface area (Å²) in [5.74, 6) is -3.36. The van der Waals surface area contributed by atoms with Crippen LogP contribution in [0.4, 0.5) is 4.79 Å². The lowest BCUT2D eigenvalue weighted by Crippen LogP contribution is -2.51. The first-order chi connectivity index (χ1) is 14.1. The molecule has 10 heteroatoms. The summed E-state index contributed by atoms with van der Waals surface area (Å²) in [5, 5.41) is 21.9. The first-order valence-corrected chi connectivity index (χ1v) is 10.7. The largest absolute Gasteiger partial charge is 0.443 e. The van der Waals surface area contributed by atoms with E-state index >= 15 is 0 Å². The second kappa shape index (κ2) is 8.24. The van der Waals surface area contributed by atoms with Crippen molar-refractivity contribution in [1.29, 1.82) is 0 Å². The highest BCUT2D eigenvalue weighted by molar-refractivity contribution is 5.96. The Balaban J connectivity index is 1.82. The Labute approximate surface area is 182 Å². The molecule has 0 aromatic carbocycles. The second-order valence-electron chi connectivity index (χ2n) is 10.3. The van der Waals surface area contributed by atoms with E-state index in [0.717, 1.165) is 4.90 Å². The number of likely N-dealkylation sites (tertiary alicyclic amines) is 1. The van der Waals surface area contributed by atoms with Crippen molar-refractivity contribution in [3.8, 4) is 0 Å². The molecule has 3 fully saturated rings. The molecule has 3 heterocycles. The van der Waals surface area contributed by atoms with E-state index in [1.54, 1.807) is 48.5 Å². The van der Waals surface area contributed by atoms with E-state index in [1.807, 2.05) is 0 Å². The topological polar surface area (TPSA) is 124 Å². The molecule has 178 valence electrons. The zero-order valence-electron chi connectivity index (χ0n) is 19.3. The maximum Gasteiger partial charge on any atom is 0.417 e. The van der Waals surface area contributed by atoms with Crippen molar-refractivity contribution in [2.24, 2.45) is 5.92 Å². The number of aliphatic hydroxyl groups excluding tert-OH is 2. The van der Waals surface area contributed by atoms with E-state index in [2.05, 4.69) is 0 Å². The number of amides is 2. The van der Waals surface area contributed by atoms with Gasteiger partial charge in [-0.05, 0) is 54.9 Å². The van der Waals surface area contributed by atoms with Gasteiger partial charge in [0.25, 0.3) is 0 Å². The Hall–Kier alpha value is -1.30. The average molecular weight is 446 g/mol. The van der Waals surface area contributed by atoms with Crippen LogP contribution in [0.1, 0.15) is 54.9 Å². The second-order valence-corrected chi connectivity index (χ2v) is 10.3. The minimum Gasteiger partial charge on any atom is -0.443 e. The molecule has 10 nitrogen and oxygen atoms in total. The van der Waals surface area contributed by atoms with Crippen molar-refractivity contribution in [2.75, 3.05) is 13.2 Å². The lowest BCUT2D eigenvalue weighted by atomic mass is 9.92. The number of carbonyl (C=O) groups excluding carboxylic acids is 2. The van der Waals surface area contributed by atoms with Gasteiger partial charge in [0.15, 0.2) is 11.6 Å². The van der Waals surface area contributed by atoms with Gasteiger partial charge in [-0.2, -0.15) is 0 Å². The number of hydrogen-bond acceptors (Lipinski definition) is 9. The van der Waals surface area contributed by atoms with Crippen molar-refractivity contribution >= 4 is 12.0 Å². The number of hydrogen-bond donors (Lipinski definition) is 2. The molecular formula is C21H35NO9. The van der Waals surface area contributed by atoms with Gasteiger partial charge in [0.05, 0.1) is 31.3 Å². The monoisotopic (exact) mass is 445 g/mol. The van der Waals surface area contributed by atoms with Crippen LogP contribution >= 0.6 is 0 Å². The van der Waals surface area contributed by atoms with Crippen molar-refractivity contribution in [3.05, 3.63) is 0 Å². The van der Waals surface area contributed by atoms with E-state index < -0.39 is 65.6 Å². The van der Waals surface area contributed by atoms with Gasteiger partial charge in [-0.1, -0.05) is 0 Å². The lowest BCUT2D eigenvalue weighted by molar-refractivity contribution is -0.159. The highest BCUT2D eigenvalue weighted by Crippen LogP contribution is 2.37. The minimum absolute atomic E-state index is 0.0288. The summed E-state index contributed by atoms with van der Waals surface area (Å²) in [5.41, 5.74) is -0.842. The molecule has 0 aromatic heterocycles. The van der Waals surface area contributed by atoms with Crippen LogP contribution in [0, 0.1) is 5.92 Å². The van der Waals surface area contributed by atoms with Crippen LogP contribution in [0.25, 0.3) is 0 Å². The van der Waals surface area contributed by atoms with E-state index in [0.29, 0.717) is 0 Å². The molecule has 0 radical (unpaired) electrons. The van der Waals surface area contributed by atoms with Gasteiger partial charge in [-0.15, -0.1) is 0 Å². The van der Waals surface area contributed by atoms with Crippen molar-refractivity contribution < 1.29 is 43.5 Å². The highest BCUT2D eigenvalue weighted by atomic mass is 16.8. The first-order valence-electron chi connectivity index (χ1n) is 10.7. The normalized spacial score (nSPS) is 34.7. The number of carbonyl (C=O) groups is 2. The molecule has 2 N–H and O–H groups in total. The molecule has 0 saturated carbocycles. The molecule has 0 spiro atoms. The van der Waals surface area contributed by atoms with Crippen LogP contribution in [0.2, 0.25) is 0 Å². The smallest absolute Gasteiger partial charge is 0.417 e. The standard InChI is InChI=1S/C21H35NO9/c1-19(2,3)31-18(26)22-12(16(24)14-10-28-21(6,7)30-14)8-11(17(22)25)15(23)13-9-27-20(4,5)29-13/h11-16,23-24H,8-10H2,1-7H3/t11-,12+,13+,14+,15-,16-/m1/s1. The predicted octanol–water partition coefficient (Wildman–Crippen LogP) is 1.16. The molecule has 3 aliphatic heterocycles. The highest BCUT2D eigenvalue weighted by Gasteiger charge is 2.55. The van der Waals surface area contributed by atoms with Crippen LogP contribution in [0.15, 0.2) is 0 Å². The van der Waals surface area contributed by atoms with E-state index in [-0.39, 0.29) is 19.6 Å². The summed E-state index contributed by atoms with van der Waals surface area (Å²) in [6.07, 6.45) is -4.75. The SMILES string of the molecule is CC(C)(C)OC(=O)N1C(=O)[C@@H]([C@@H](O)[C@@H]2COC(C)(C)O2)C[C@H]1[C@@H](O)[C@@H]1COC(C)(C)O1. The van der Waals surface area contributed by atoms with Crippen LogP contribution in [-0.4, -0.2) is 88.0 Å². The molecule has 0 aromatic rings. The molecule has 2 amide bonds. The van der Waals surface area contributed by atoms with Crippen molar-refractivity contribution in [3.63, 3.8) is 0 Å². The molecular weight excluding hydrogens is 410 g/mol. The Bertz CT molecular complexity index is 701. The van der Waals surface area contributed by atoms with Crippen molar-refractivity contribution in [2.45, 2.75) is 103 Å². The molecule has 0 aliphatic carbocycles. The van der Waals surface area contributed by atoms with Crippen LogP contribution in [-0.2, 0) is 28.5 Å². The number of aliphatic hydroxyl groups is 2. The quantitative estimate of drug-likeness (QED) is 0.656. The van der Waals surface area contributed by atoms with Gasteiger partial charge >= 0.3 is 6.09 Å². The molecule has 3 aliphatic rings. The minimum atomic E-state index is -1.22. The van der Waals surface area contributed by atoms with Gasteiger partial charge in [0.2, 0.25) is 5.91 Å². The third-order valence-electron chi connectivity index (χ3n) is 5.60. The predicted molar refractivity (Wildman–Crippen MR) is 107 cm³/mol. The summed E-state index contributed by atoms with van der Waals surface area (Å²) >= 11 is 0. The average Bonchev–Trinajstić information content (AvgIpc) is 3.26. The van der Waals surface area contributed by atoms with Crippen LogP contribution in [0.5, 0.6) is 0 Å². The summed E-state index contributed by atoms with van der Waals surface area (Å²) in [6.45, 7) is 12.2. The molecule has 0 unspecified atom stereocenters. The molecule has 0 bridgehead atoms. The molecule has 3 rings (SSSR count). The van der Waals surface area contributed by atoms with E-state index in [1.165, 1.54) is 0 Å². The first kappa shape index (κ1) is 24.3. The third-order valence-corrected chi connectivity index (χ3v) is 5.60. The Morgan fingerprint density at radius 3 is 1.94 bits per heavy atom. The maximum absolute atomic E-state index is 13.2. The zero-order chi connectivity index (χ0) is 23.4. The fourth-order valence-corrected chi connectivity index (χ4v) is 4.20. The van der Waals surface area contributed by atoms with Gasteiger partial charge < -0.3 is 33.9 Å². The number of ether oxygens (including phenoxy) is 5. The van der Waals surface area contributed by atoms with Gasteiger partial charge in [0, 0.05) is 0 Å². The summed E-state index contributed by atoms with van der Waals surface area (Å²) in [7, 11) is 0. The van der Waals surface area contributed by atoms with Gasteiger partial charge in [-0.25, -0.2) is 9.69 Å². The number of rotatable bonds is 4. The Morgan fingerprint density at radius 2 is 1.52 bits per heavy atom. The number of imide groups is 1. The van der Waals surface area contributed by atoms with Gasteiger partial charge in [0.1, 0.15) is 23.9 Å². The van der Waals surface area contributed by atoms with E-state index in [4.69, 9.17) is 23.7 Å². The Kier molecular flexibility index (Phi) is 6.47. The lowest BCUT2D eigenvalue weighted by Gasteiger charge is -2.31. The number of nitrogens with zero attached hydrogens (tertiary/aromatic N) is 1. The third kappa shape index (κ3) is 5.37.